The highest BCUT2D eigenvalue weighted by atomic mass is 35.5. The summed E-state index contributed by atoms with van der Waals surface area (Å²) in [6.07, 6.45) is 4.83. The fourth-order valence-corrected chi connectivity index (χ4v) is 3.72. The van der Waals surface area contributed by atoms with Gasteiger partial charge in [0.15, 0.2) is 0 Å². The van der Waals surface area contributed by atoms with Crippen LogP contribution >= 0.6 is 22.9 Å². The van der Waals surface area contributed by atoms with Crippen molar-refractivity contribution in [2.45, 2.75) is 51.2 Å². The van der Waals surface area contributed by atoms with Gasteiger partial charge in [0, 0.05) is 23.5 Å². The van der Waals surface area contributed by atoms with Gasteiger partial charge in [-0.2, -0.15) is 0 Å². The predicted octanol–water partition coefficient (Wildman–Crippen LogP) is 3.49. The van der Waals surface area contributed by atoms with E-state index in [1.54, 1.807) is 11.3 Å². The molecule has 1 aliphatic rings. The first-order valence-corrected chi connectivity index (χ1v) is 7.62. The maximum atomic E-state index is 5.98. The van der Waals surface area contributed by atoms with Crippen molar-refractivity contribution < 1.29 is 0 Å². The van der Waals surface area contributed by atoms with Crippen LogP contribution in [0.4, 0.5) is 0 Å². The van der Waals surface area contributed by atoms with Crippen LogP contribution in [0.2, 0.25) is 4.34 Å². The molecule has 0 bridgehead atoms. The van der Waals surface area contributed by atoms with Crippen LogP contribution in [0.3, 0.4) is 0 Å². The summed E-state index contributed by atoms with van der Waals surface area (Å²) in [7, 11) is 0. The van der Waals surface area contributed by atoms with E-state index < -0.39 is 0 Å². The number of hydrogen-bond acceptors (Lipinski definition) is 3. The van der Waals surface area contributed by atoms with Gasteiger partial charge in [-0.25, -0.2) is 0 Å². The molecular formula is C13H21ClN2S. The molecule has 0 radical (unpaired) electrons. The second-order valence-electron chi connectivity index (χ2n) is 4.84. The first-order valence-electron chi connectivity index (χ1n) is 6.43. The molecule has 96 valence electrons. The second kappa shape index (κ2) is 6.19. The molecule has 0 amide bonds. The Morgan fingerprint density at radius 1 is 1.35 bits per heavy atom. The minimum Gasteiger partial charge on any atom is -0.328 e. The SMILES string of the molecule is CCN(Cc1ccc(Cl)s1)C1CCC(N)CC1. The molecule has 0 atom stereocenters. The lowest BCUT2D eigenvalue weighted by molar-refractivity contribution is 0.150. The summed E-state index contributed by atoms with van der Waals surface area (Å²) >= 11 is 7.67. The fourth-order valence-electron chi connectivity index (χ4n) is 2.60. The number of nitrogens with two attached hydrogens (primary N) is 1. The Balaban J connectivity index is 1.92. The van der Waals surface area contributed by atoms with Crippen molar-refractivity contribution in [2.75, 3.05) is 6.54 Å². The Morgan fingerprint density at radius 2 is 2.06 bits per heavy atom. The summed E-state index contributed by atoms with van der Waals surface area (Å²) < 4.78 is 0.890. The lowest BCUT2D eigenvalue weighted by atomic mass is 9.90. The van der Waals surface area contributed by atoms with Crippen molar-refractivity contribution in [1.82, 2.24) is 4.90 Å². The monoisotopic (exact) mass is 272 g/mol. The van der Waals surface area contributed by atoms with Gasteiger partial charge < -0.3 is 5.73 Å². The van der Waals surface area contributed by atoms with E-state index in [0.717, 1.165) is 17.4 Å². The molecule has 4 heteroatoms. The Hall–Kier alpha value is -0.0900. The molecule has 2 nitrogen and oxygen atoms in total. The van der Waals surface area contributed by atoms with E-state index in [1.165, 1.54) is 30.6 Å². The van der Waals surface area contributed by atoms with Crippen LogP contribution in [0.5, 0.6) is 0 Å². The van der Waals surface area contributed by atoms with Crippen LogP contribution < -0.4 is 5.73 Å². The highest BCUT2D eigenvalue weighted by Gasteiger charge is 2.23. The quantitative estimate of drug-likeness (QED) is 0.909. The number of hydrogen-bond donors (Lipinski definition) is 1. The first-order chi connectivity index (χ1) is 8.19. The zero-order chi connectivity index (χ0) is 12.3. The third-order valence-corrected chi connectivity index (χ3v) is 4.87. The topological polar surface area (TPSA) is 29.3 Å². The van der Waals surface area contributed by atoms with Gasteiger partial charge >= 0.3 is 0 Å². The van der Waals surface area contributed by atoms with Crippen molar-refractivity contribution in [1.29, 1.82) is 0 Å². The summed E-state index contributed by atoms with van der Waals surface area (Å²) in [4.78, 5) is 3.93. The van der Waals surface area contributed by atoms with Crippen molar-refractivity contribution in [3.8, 4) is 0 Å². The molecule has 0 saturated heterocycles. The van der Waals surface area contributed by atoms with E-state index in [0.29, 0.717) is 12.1 Å². The van der Waals surface area contributed by atoms with Crippen LogP contribution in [0.1, 0.15) is 37.5 Å². The summed E-state index contributed by atoms with van der Waals surface area (Å²) in [5, 5.41) is 0. The lowest BCUT2D eigenvalue weighted by Crippen LogP contribution is -2.40. The van der Waals surface area contributed by atoms with E-state index >= 15 is 0 Å². The average molecular weight is 273 g/mol. The number of rotatable bonds is 4. The van der Waals surface area contributed by atoms with Crippen molar-refractivity contribution in [3.05, 3.63) is 21.3 Å². The zero-order valence-electron chi connectivity index (χ0n) is 10.4. The Kier molecular flexibility index (Phi) is 4.86. The molecule has 17 heavy (non-hydrogen) atoms. The largest absolute Gasteiger partial charge is 0.328 e. The normalized spacial score (nSPS) is 25.4. The van der Waals surface area contributed by atoms with Gasteiger partial charge in [0.1, 0.15) is 0 Å². The van der Waals surface area contributed by atoms with Crippen LogP contribution in [0.25, 0.3) is 0 Å². The molecular weight excluding hydrogens is 252 g/mol. The van der Waals surface area contributed by atoms with E-state index in [4.69, 9.17) is 17.3 Å². The first kappa shape index (κ1) is 13.3. The highest BCUT2D eigenvalue weighted by molar-refractivity contribution is 7.16. The number of halogens is 1. The van der Waals surface area contributed by atoms with Crippen LogP contribution in [-0.4, -0.2) is 23.5 Å². The van der Waals surface area contributed by atoms with Crippen LogP contribution in [0.15, 0.2) is 12.1 Å². The van der Waals surface area contributed by atoms with E-state index in [-0.39, 0.29) is 0 Å². The van der Waals surface area contributed by atoms with E-state index in [9.17, 15) is 0 Å². The second-order valence-corrected chi connectivity index (χ2v) is 6.64. The zero-order valence-corrected chi connectivity index (χ0v) is 11.9. The van der Waals surface area contributed by atoms with Gasteiger partial charge in [-0.15, -0.1) is 11.3 Å². The van der Waals surface area contributed by atoms with Gasteiger partial charge in [0.2, 0.25) is 0 Å². The number of nitrogens with zero attached hydrogens (tertiary/aromatic N) is 1. The minimum absolute atomic E-state index is 0.432. The van der Waals surface area contributed by atoms with Crippen LogP contribution in [0, 0.1) is 0 Å². The van der Waals surface area contributed by atoms with E-state index in [2.05, 4.69) is 17.9 Å². The van der Waals surface area contributed by atoms with Crippen molar-refractivity contribution >= 4 is 22.9 Å². The van der Waals surface area contributed by atoms with Crippen molar-refractivity contribution in [3.63, 3.8) is 0 Å². The van der Waals surface area contributed by atoms with Gasteiger partial charge in [-0.3, -0.25) is 4.90 Å². The summed E-state index contributed by atoms with van der Waals surface area (Å²) in [5.41, 5.74) is 5.96. The minimum atomic E-state index is 0.432. The molecule has 1 fully saturated rings. The van der Waals surface area contributed by atoms with Gasteiger partial charge in [-0.1, -0.05) is 18.5 Å². The maximum Gasteiger partial charge on any atom is 0.0931 e. The predicted molar refractivity (Wildman–Crippen MR) is 75.6 cm³/mol. The summed E-state index contributed by atoms with van der Waals surface area (Å²) in [6, 6.07) is 5.28. The van der Waals surface area contributed by atoms with Gasteiger partial charge in [-0.05, 0) is 44.4 Å². The fraction of sp³-hybridized carbons (Fsp3) is 0.692. The molecule has 2 rings (SSSR count). The molecule has 1 aromatic heterocycles. The van der Waals surface area contributed by atoms with E-state index in [1.807, 2.05) is 6.07 Å². The molecule has 0 spiro atoms. The third kappa shape index (κ3) is 3.68. The van der Waals surface area contributed by atoms with Crippen LogP contribution in [-0.2, 0) is 6.54 Å². The molecule has 1 heterocycles. The maximum absolute atomic E-state index is 5.98. The Bertz CT molecular complexity index is 345. The van der Waals surface area contributed by atoms with Crippen molar-refractivity contribution in [2.24, 2.45) is 5.73 Å². The molecule has 0 aliphatic heterocycles. The Morgan fingerprint density at radius 3 is 2.59 bits per heavy atom. The molecule has 0 unspecified atom stereocenters. The average Bonchev–Trinajstić information content (AvgIpc) is 2.73. The van der Waals surface area contributed by atoms with Gasteiger partial charge in [0.05, 0.1) is 4.34 Å². The lowest BCUT2D eigenvalue weighted by Gasteiger charge is -2.35. The molecule has 1 aliphatic carbocycles. The third-order valence-electron chi connectivity index (χ3n) is 3.65. The smallest absolute Gasteiger partial charge is 0.0931 e. The molecule has 0 aromatic carbocycles. The number of thiophene rings is 1. The van der Waals surface area contributed by atoms with Gasteiger partial charge in [0.25, 0.3) is 0 Å². The summed E-state index contributed by atoms with van der Waals surface area (Å²) in [6.45, 7) is 4.38. The molecule has 1 aromatic rings. The summed E-state index contributed by atoms with van der Waals surface area (Å²) in [5.74, 6) is 0. The highest BCUT2D eigenvalue weighted by Crippen LogP contribution is 2.27. The molecule has 1 saturated carbocycles. The Labute approximate surface area is 113 Å². The molecule has 2 N–H and O–H groups in total. The standard InChI is InChI=1S/C13H21ClN2S/c1-2-16(9-12-7-8-13(14)17-12)11-5-3-10(15)4-6-11/h7-8,10-11H,2-6,9,15H2,1H3.